The number of halogens is 2. The number of carbonyl (C=O) groups excluding carboxylic acids is 2. The summed E-state index contributed by atoms with van der Waals surface area (Å²) in [7, 11) is 0. The maximum absolute atomic E-state index is 13.4. The van der Waals surface area contributed by atoms with Crippen LogP contribution in [0.2, 0.25) is 0 Å². The number of nitrogens with zero attached hydrogens (tertiary/aromatic N) is 1. The number of benzene rings is 1. The number of likely N-dealkylation sites (tertiary alicyclic amines) is 1. The Morgan fingerprint density at radius 2 is 2.00 bits per heavy atom. The summed E-state index contributed by atoms with van der Waals surface area (Å²) in [6.45, 7) is 0.596. The third kappa shape index (κ3) is 3.55. The van der Waals surface area contributed by atoms with E-state index in [1.807, 2.05) is 5.32 Å². The summed E-state index contributed by atoms with van der Waals surface area (Å²) in [5.74, 6) is -3.89. The van der Waals surface area contributed by atoms with E-state index in [4.69, 9.17) is 5.11 Å². The maximum Gasteiger partial charge on any atom is 0.314 e. The SMILES string of the molecule is O=C(Nc1c(F)cccc1F)C(=O)N1CCCC(CO)C1. The minimum Gasteiger partial charge on any atom is -0.396 e. The van der Waals surface area contributed by atoms with Crippen LogP contribution in [0.3, 0.4) is 0 Å². The molecule has 2 N–H and O–H groups in total. The van der Waals surface area contributed by atoms with Gasteiger partial charge in [0.1, 0.15) is 17.3 Å². The molecule has 1 aliphatic rings. The number of piperidine rings is 1. The first-order valence-corrected chi connectivity index (χ1v) is 6.68. The Morgan fingerprint density at radius 3 is 2.62 bits per heavy atom. The summed E-state index contributed by atoms with van der Waals surface area (Å²) in [5, 5.41) is 11.1. The van der Waals surface area contributed by atoms with E-state index >= 15 is 0 Å². The van der Waals surface area contributed by atoms with Gasteiger partial charge in [-0.15, -0.1) is 0 Å². The van der Waals surface area contributed by atoms with Crippen LogP contribution in [-0.2, 0) is 9.59 Å². The lowest BCUT2D eigenvalue weighted by molar-refractivity contribution is -0.144. The average molecular weight is 298 g/mol. The van der Waals surface area contributed by atoms with E-state index in [2.05, 4.69) is 0 Å². The third-order valence-corrected chi connectivity index (χ3v) is 3.46. The van der Waals surface area contributed by atoms with Crippen LogP contribution in [-0.4, -0.2) is 41.5 Å². The lowest BCUT2D eigenvalue weighted by atomic mass is 9.99. The molecule has 1 fully saturated rings. The standard InChI is InChI=1S/C14H16F2N2O3/c15-10-4-1-5-11(16)12(10)17-13(20)14(21)18-6-2-3-9(7-18)8-19/h1,4-5,9,19H,2-3,6-8H2,(H,17,20). The van der Waals surface area contributed by atoms with E-state index in [-0.39, 0.29) is 19.1 Å². The van der Waals surface area contributed by atoms with Crippen molar-refractivity contribution in [1.29, 1.82) is 0 Å². The fraction of sp³-hybridized carbons (Fsp3) is 0.429. The second-order valence-corrected chi connectivity index (χ2v) is 4.99. The van der Waals surface area contributed by atoms with Crippen molar-refractivity contribution in [2.24, 2.45) is 5.92 Å². The van der Waals surface area contributed by atoms with Crippen LogP contribution >= 0.6 is 0 Å². The van der Waals surface area contributed by atoms with Crippen LogP contribution in [0.5, 0.6) is 0 Å². The molecule has 0 saturated carbocycles. The molecule has 21 heavy (non-hydrogen) atoms. The fourth-order valence-electron chi connectivity index (χ4n) is 2.33. The highest BCUT2D eigenvalue weighted by atomic mass is 19.1. The first kappa shape index (κ1) is 15.4. The third-order valence-electron chi connectivity index (χ3n) is 3.46. The Bertz CT molecular complexity index is 531. The lowest BCUT2D eigenvalue weighted by Gasteiger charge is -2.31. The second kappa shape index (κ2) is 6.62. The molecule has 0 radical (unpaired) electrons. The molecule has 114 valence electrons. The number of aliphatic hydroxyl groups is 1. The molecule has 1 aromatic rings. The normalized spacial score (nSPS) is 18.4. The van der Waals surface area contributed by atoms with E-state index in [1.54, 1.807) is 0 Å². The van der Waals surface area contributed by atoms with Gasteiger partial charge in [0.05, 0.1) is 0 Å². The van der Waals surface area contributed by atoms with Crippen molar-refractivity contribution in [2.45, 2.75) is 12.8 Å². The number of hydrogen-bond donors (Lipinski definition) is 2. The van der Waals surface area contributed by atoms with Crippen molar-refractivity contribution < 1.29 is 23.5 Å². The number of nitrogens with one attached hydrogen (secondary N) is 1. The minimum atomic E-state index is -1.09. The first-order chi connectivity index (χ1) is 10.0. The summed E-state index contributed by atoms with van der Waals surface area (Å²) in [6, 6.07) is 3.15. The Labute approximate surface area is 120 Å². The van der Waals surface area contributed by atoms with Gasteiger partial charge in [0.15, 0.2) is 0 Å². The Hall–Kier alpha value is -2.02. The molecule has 5 nitrogen and oxygen atoms in total. The van der Waals surface area contributed by atoms with Crippen LogP contribution in [0.1, 0.15) is 12.8 Å². The molecular formula is C14H16F2N2O3. The zero-order chi connectivity index (χ0) is 15.4. The van der Waals surface area contributed by atoms with Gasteiger partial charge in [-0.1, -0.05) is 6.07 Å². The quantitative estimate of drug-likeness (QED) is 0.804. The number of aliphatic hydroxyl groups excluding tert-OH is 1. The molecule has 1 saturated heterocycles. The predicted octanol–water partition coefficient (Wildman–Crippen LogP) is 1.13. The molecule has 2 rings (SSSR count). The van der Waals surface area contributed by atoms with Gasteiger partial charge in [-0.2, -0.15) is 0 Å². The topological polar surface area (TPSA) is 69.6 Å². The highest BCUT2D eigenvalue weighted by Gasteiger charge is 2.28. The molecular weight excluding hydrogens is 282 g/mol. The number of anilines is 1. The van der Waals surface area contributed by atoms with Crippen LogP contribution < -0.4 is 5.32 Å². The van der Waals surface area contributed by atoms with Crippen LogP contribution in [0.15, 0.2) is 18.2 Å². The highest BCUT2D eigenvalue weighted by Crippen LogP contribution is 2.19. The largest absolute Gasteiger partial charge is 0.396 e. The van der Waals surface area contributed by atoms with Gasteiger partial charge in [-0.05, 0) is 30.9 Å². The summed E-state index contributed by atoms with van der Waals surface area (Å²) in [4.78, 5) is 25.1. The number of carbonyl (C=O) groups is 2. The molecule has 0 aromatic heterocycles. The fourth-order valence-corrected chi connectivity index (χ4v) is 2.33. The van der Waals surface area contributed by atoms with E-state index < -0.39 is 29.1 Å². The van der Waals surface area contributed by atoms with Crippen molar-refractivity contribution >= 4 is 17.5 Å². The second-order valence-electron chi connectivity index (χ2n) is 4.99. The van der Waals surface area contributed by atoms with Gasteiger partial charge < -0.3 is 15.3 Å². The van der Waals surface area contributed by atoms with Gasteiger partial charge in [-0.25, -0.2) is 8.78 Å². The minimum absolute atomic E-state index is 0.0622. The summed E-state index contributed by atoms with van der Waals surface area (Å²) < 4.78 is 26.8. The van der Waals surface area contributed by atoms with E-state index in [9.17, 15) is 18.4 Å². The van der Waals surface area contributed by atoms with E-state index in [1.165, 1.54) is 11.0 Å². The molecule has 1 atom stereocenters. The first-order valence-electron chi connectivity index (χ1n) is 6.68. The summed E-state index contributed by atoms with van der Waals surface area (Å²) >= 11 is 0. The highest BCUT2D eigenvalue weighted by molar-refractivity contribution is 6.39. The number of hydrogen-bond acceptors (Lipinski definition) is 3. The van der Waals surface area contributed by atoms with E-state index in [0.29, 0.717) is 13.0 Å². The van der Waals surface area contributed by atoms with Crippen molar-refractivity contribution in [3.63, 3.8) is 0 Å². The van der Waals surface area contributed by atoms with Crippen LogP contribution in [0.4, 0.5) is 14.5 Å². The Kier molecular flexibility index (Phi) is 4.85. The monoisotopic (exact) mass is 298 g/mol. The van der Waals surface area contributed by atoms with Crippen LogP contribution in [0, 0.1) is 17.6 Å². The van der Waals surface area contributed by atoms with Gasteiger partial charge in [0.2, 0.25) is 0 Å². The molecule has 0 aliphatic carbocycles. The molecule has 7 heteroatoms. The summed E-state index contributed by atoms with van der Waals surface area (Å²) in [6.07, 6.45) is 1.46. The predicted molar refractivity (Wildman–Crippen MR) is 71.4 cm³/mol. The molecule has 1 aliphatic heterocycles. The Morgan fingerprint density at radius 1 is 1.33 bits per heavy atom. The van der Waals surface area contributed by atoms with Crippen LogP contribution in [0.25, 0.3) is 0 Å². The number of rotatable bonds is 2. The molecule has 1 unspecified atom stereocenters. The summed E-state index contributed by atoms with van der Waals surface area (Å²) in [5.41, 5.74) is -0.633. The van der Waals surface area contributed by atoms with Gasteiger partial charge in [-0.3, -0.25) is 9.59 Å². The molecule has 0 spiro atoms. The van der Waals surface area contributed by atoms with Crippen molar-refractivity contribution in [3.8, 4) is 0 Å². The van der Waals surface area contributed by atoms with Crippen molar-refractivity contribution in [1.82, 2.24) is 4.90 Å². The molecule has 1 aromatic carbocycles. The molecule has 1 heterocycles. The maximum atomic E-state index is 13.4. The number of para-hydroxylation sites is 1. The smallest absolute Gasteiger partial charge is 0.314 e. The molecule has 2 amide bonds. The van der Waals surface area contributed by atoms with Gasteiger partial charge >= 0.3 is 11.8 Å². The zero-order valence-electron chi connectivity index (χ0n) is 11.3. The van der Waals surface area contributed by atoms with Gasteiger partial charge in [0.25, 0.3) is 0 Å². The van der Waals surface area contributed by atoms with E-state index in [0.717, 1.165) is 18.6 Å². The zero-order valence-corrected chi connectivity index (χ0v) is 11.3. The average Bonchev–Trinajstić information content (AvgIpc) is 2.50. The van der Waals surface area contributed by atoms with Gasteiger partial charge in [0, 0.05) is 19.7 Å². The number of amides is 2. The van der Waals surface area contributed by atoms with Crippen molar-refractivity contribution in [2.75, 3.05) is 25.0 Å². The Balaban J connectivity index is 2.04. The van der Waals surface area contributed by atoms with Crippen molar-refractivity contribution in [3.05, 3.63) is 29.8 Å². The lowest BCUT2D eigenvalue weighted by Crippen LogP contribution is -2.46. The molecule has 0 bridgehead atoms.